The molecule has 22 heavy (non-hydrogen) atoms. The molecule has 116 valence electrons. The smallest absolute Gasteiger partial charge is 0.347 e. The molecule has 0 aliphatic carbocycles. The van der Waals surface area contributed by atoms with E-state index in [0.29, 0.717) is 16.3 Å². The van der Waals surface area contributed by atoms with E-state index < -0.39 is 5.97 Å². The second-order valence-electron chi connectivity index (χ2n) is 4.70. The van der Waals surface area contributed by atoms with Crippen molar-refractivity contribution in [3.05, 3.63) is 45.4 Å². The first kappa shape index (κ1) is 16.5. The van der Waals surface area contributed by atoms with Crippen molar-refractivity contribution in [1.82, 2.24) is 10.3 Å². The van der Waals surface area contributed by atoms with Gasteiger partial charge in [-0.3, -0.25) is 4.79 Å². The highest BCUT2D eigenvalue weighted by molar-refractivity contribution is 7.98. The second-order valence-corrected chi connectivity index (χ2v) is 6.61. The maximum absolute atomic E-state index is 12.2. The van der Waals surface area contributed by atoms with Gasteiger partial charge in [-0.05, 0) is 44.4 Å². The Labute approximate surface area is 136 Å². The number of amides is 1. The van der Waals surface area contributed by atoms with Crippen LogP contribution in [-0.4, -0.2) is 28.2 Å². The van der Waals surface area contributed by atoms with Gasteiger partial charge >= 0.3 is 5.97 Å². The standard InChI is InChI=1S/C15H16N2O3S2/c1-8-12(15(19)20)22-14(17-8)9(2)16-13(18)10-4-6-11(21-3)7-5-10/h4-7,9H,1-3H3,(H,16,18)(H,19,20). The molecule has 1 atom stereocenters. The van der Waals surface area contributed by atoms with E-state index >= 15 is 0 Å². The van der Waals surface area contributed by atoms with Crippen molar-refractivity contribution >= 4 is 35.0 Å². The van der Waals surface area contributed by atoms with Crippen molar-refractivity contribution in [2.75, 3.05) is 6.26 Å². The summed E-state index contributed by atoms with van der Waals surface area (Å²) in [6.45, 7) is 3.44. The van der Waals surface area contributed by atoms with Crippen molar-refractivity contribution in [3.63, 3.8) is 0 Å². The molecule has 1 unspecified atom stereocenters. The van der Waals surface area contributed by atoms with Crippen LogP contribution < -0.4 is 5.32 Å². The zero-order chi connectivity index (χ0) is 16.3. The average Bonchev–Trinajstić information content (AvgIpc) is 2.89. The summed E-state index contributed by atoms with van der Waals surface area (Å²) in [6, 6.07) is 6.97. The predicted octanol–water partition coefficient (Wildman–Crippen LogP) is 3.36. The van der Waals surface area contributed by atoms with Gasteiger partial charge in [0.2, 0.25) is 0 Å². The minimum Gasteiger partial charge on any atom is -0.477 e. The molecule has 7 heteroatoms. The quantitative estimate of drug-likeness (QED) is 0.819. The molecular weight excluding hydrogens is 320 g/mol. The molecule has 0 aliphatic rings. The van der Waals surface area contributed by atoms with E-state index in [1.807, 2.05) is 18.4 Å². The Balaban J connectivity index is 2.10. The molecule has 1 amide bonds. The maximum Gasteiger partial charge on any atom is 0.347 e. The largest absolute Gasteiger partial charge is 0.477 e. The lowest BCUT2D eigenvalue weighted by atomic mass is 10.2. The Bertz CT molecular complexity index is 695. The van der Waals surface area contributed by atoms with E-state index in [1.165, 1.54) is 0 Å². The summed E-state index contributed by atoms with van der Waals surface area (Å²) in [5.74, 6) is -1.20. The third-order valence-corrected chi connectivity index (χ3v) is 5.15. The second kappa shape index (κ2) is 6.93. The number of carboxylic acids is 1. The molecule has 0 radical (unpaired) electrons. The first-order chi connectivity index (χ1) is 10.4. The van der Waals surface area contributed by atoms with Crippen LogP contribution in [0, 0.1) is 6.92 Å². The van der Waals surface area contributed by atoms with Gasteiger partial charge in [0.05, 0.1) is 11.7 Å². The molecular formula is C15H16N2O3S2. The molecule has 0 bridgehead atoms. The van der Waals surface area contributed by atoms with Gasteiger partial charge in [0.25, 0.3) is 5.91 Å². The predicted molar refractivity (Wildman–Crippen MR) is 87.9 cm³/mol. The summed E-state index contributed by atoms with van der Waals surface area (Å²) in [5, 5.41) is 12.5. The van der Waals surface area contributed by atoms with Gasteiger partial charge in [0, 0.05) is 10.5 Å². The Morgan fingerprint density at radius 3 is 2.45 bits per heavy atom. The van der Waals surface area contributed by atoms with Crippen molar-refractivity contribution in [3.8, 4) is 0 Å². The topological polar surface area (TPSA) is 79.3 Å². The van der Waals surface area contributed by atoms with Crippen LogP contribution >= 0.6 is 23.1 Å². The number of thiazole rings is 1. The number of hydrogen-bond donors (Lipinski definition) is 2. The van der Waals surface area contributed by atoms with Crippen molar-refractivity contribution in [2.24, 2.45) is 0 Å². The van der Waals surface area contributed by atoms with Gasteiger partial charge in [-0.1, -0.05) is 0 Å². The first-order valence-electron chi connectivity index (χ1n) is 6.58. The summed E-state index contributed by atoms with van der Waals surface area (Å²) in [7, 11) is 0. The van der Waals surface area contributed by atoms with E-state index in [0.717, 1.165) is 16.2 Å². The molecule has 0 aliphatic heterocycles. The third-order valence-electron chi connectivity index (χ3n) is 3.08. The lowest BCUT2D eigenvalue weighted by molar-refractivity contribution is 0.0701. The number of carbonyl (C=O) groups is 2. The number of rotatable bonds is 5. The van der Waals surface area contributed by atoms with Crippen molar-refractivity contribution in [1.29, 1.82) is 0 Å². The van der Waals surface area contributed by atoms with Crippen LogP contribution in [0.5, 0.6) is 0 Å². The van der Waals surface area contributed by atoms with Crippen LogP contribution in [0.1, 0.15) is 43.7 Å². The zero-order valence-corrected chi connectivity index (χ0v) is 14.0. The number of nitrogens with zero attached hydrogens (tertiary/aromatic N) is 1. The molecule has 1 aromatic heterocycles. The number of aryl methyl sites for hydroxylation is 1. The monoisotopic (exact) mass is 336 g/mol. The van der Waals surface area contributed by atoms with Crippen LogP contribution in [0.25, 0.3) is 0 Å². The highest BCUT2D eigenvalue weighted by Crippen LogP contribution is 2.24. The fourth-order valence-corrected chi connectivity index (χ4v) is 3.20. The normalized spacial score (nSPS) is 12.0. The highest BCUT2D eigenvalue weighted by atomic mass is 32.2. The van der Waals surface area contributed by atoms with Gasteiger partial charge in [0.1, 0.15) is 9.88 Å². The summed E-state index contributed by atoms with van der Waals surface area (Å²) in [4.78, 5) is 28.8. The fraction of sp³-hybridized carbons (Fsp3) is 0.267. The van der Waals surface area contributed by atoms with Gasteiger partial charge < -0.3 is 10.4 Å². The van der Waals surface area contributed by atoms with Gasteiger partial charge in [-0.25, -0.2) is 9.78 Å². The first-order valence-corrected chi connectivity index (χ1v) is 8.62. The number of carboxylic acid groups (broad SMARTS) is 1. The highest BCUT2D eigenvalue weighted by Gasteiger charge is 2.19. The molecule has 5 nitrogen and oxygen atoms in total. The SMILES string of the molecule is CSc1ccc(C(=O)NC(C)c2nc(C)c(C(=O)O)s2)cc1. The molecule has 2 aromatic rings. The summed E-state index contributed by atoms with van der Waals surface area (Å²) in [6.07, 6.45) is 1.97. The number of nitrogens with one attached hydrogen (secondary N) is 1. The molecule has 0 saturated heterocycles. The van der Waals surface area contributed by atoms with Crippen LogP contribution in [0.3, 0.4) is 0 Å². The number of hydrogen-bond acceptors (Lipinski definition) is 5. The Morgan fingerprint density at radius 1 is 1.32 bits per heavy atom. The van der Waals surface area contributed by atoms with Crippen LogP contribution in [0.4, 0.5) is 0 Å². The number of aromatic nitrogens is 1. The Kier molecular flexibility index (Phi) is 5.20. The molecule has 2 rings (SSSR count). The van der Waals surface area contributed by atoms with Crippen molar-refractivity contribution < 1.29 is 14.7 Å². The van der Waals surface area contributed by atoms with E-state index in [-0.39, 0.29) is 16.8 Å². The molecule has 1 heterocycles. The third kappa shape index (κ3) is 3.66. The molecule has 1 aromatic carbocycles. The van der Waals surface area contributed by atoms with Crippen molar-refractivity contribution in [2.45, 2.75) is 24.8 Å². The molecule has 2 N–H and O–H groups in total. The van der Waals surface area contributed by atoms with Crippen LogP contribution in [0.2, 0.25) is 0 Å². The van der Waals surface area contributed by atoms with Crippen LogP contribution in [-0.2, 0) is 0 Å². The van der Waals surface area contributed by atoms with Gasteiger partial charge in [-0.15, -0.1) is 23.1 Å². The minimum atomic E-state index is -0.993. The number of aromatic carboxylic acids is 1. The molecule has 0 saturated carbocycles. The molecule has 0 fully saturated rings. The number of carbonyl (C=O) groups excluding carboxylic acids is 1. The fourth-order valence-electron chi connectivity index (χ4n) is 1.89. The van der Waals surface area contributed by atoms with E-state index in [9.17, 15) is 9.59 Å². The van der Waals surface area contributed by atoms with E-state index in [4.69, 9.17) is 5.11 Å². The number of benzene rings is 1. The lowest BCUT2D eigenvalue weighted by Crippen LogP contribution is -2.26. The number of thioether (sulfide) groups is 1. The summed E-state index contributed by atoms with van der Waals surface area (Å²) >= 11 is 2.70. The van der Waals surface area contributed by atoms with Gasteiger partial charge in [0.15, 0.2) is 0 Å². The maximum atomic E-state index is 12.2. The Hall–Kier alpha value is -1.86. The average molecular weight is 336 g/mol. The molecule has 0 spiro atoms. The Morgan fingerprint density at radius 2 is 1.95 bits per heavy atom. The minimum absolute atomic E-state index is 0.204. The zero-order valence-electron chi connectivity index (χ0n) is 12.4. The van der Waals surface area contributed by atoms with Crippen LogP contribution in [0.15, 0.2) is 29.2 Å². The summed E-state index contributed by atoms with van der Waals surface area (Å²) in [5.41, 5.74) is 1.04. The van der Waals surface area contributed by atoms with E-state index in [2.05, 4.69) is 10.3 Å². The lowest BCUT2D eigenvalue weighted by Gasteiger charge is -2.11. The van der Waals surface area contributed by atoms with Gasteiger partial charge in [-0.2, -0.15) is 0 Å². The summed E-state index contributed by atoms with van der Waals surface area (Å²) < 4.78 is 0. The van der Waals surface area contributed by atoms with E-state index in [1.54, 1.807) is 37.7 Å².